The fourth-order valence-corrected chi connectivity index (χ4v) is 3.44. The Morgan fingerprint density at radius 3 is 2.48 bits per heavy atom. The van der Waals surface area contributed by atoms with Crippen LogP contribution in [0.2, 0.25) is 0 Å². The first-order valence-electron chi connectivity index (χ1n) is 8.92. The van der Waals surface area contributed by atoms with Crippen LogP contribution in [0.3, 0.4) is 0 Å². The fraction of sp³-hybridized carbons (Fsp3) is 0.333. The van der Waals surface area contributed by atoms with E-state index in [0.717, 1.165) is 35.4 Å². The monoisotopic (exact) mass is 386 g/mol. The standard InChI is InChI=1S/C21H26N2O3S/c1-4-22(5-2)15-7-6-8-18-27(24,25)23-16-13-20(14-17-23)19-9-11-21(26-3)12-10-19/h8-14,16,18H,4-5,15,17H2,1-3H3. The molecule has 27 heavy (non-hydrogen) atoms. The van der Waals surface area contributed by atoms with Crippen LogP contribution in [0.5, 0.6) is 5.75 Å². The second-order valence-corrected chi connectivity index (χ2v) is 7.67. The minimum atomic E-state index is -3.53. The van der Waals surface area contributed by atoms with Crippen molar-refractivity contribution < 1.29 is 13.2 Å². The zero-order chi connectivity index (χ0) is 19.7. The van der Waals surface area contributed by atoms with Crippen LogP contribution in [0.15, 0.2) is 54.1 Å². The largest absolute Gasteiger partial charge is 0.497 e. The van der Waals surface area contributed by atoms with Crippen LogP contribution in [0, 0.1) is 11.8 Å². The van der Waals surface area contributed by atoms with Crippen LogP contribution in [0.4, 0.5) is 0 Å². The zero-order valence-electron chi connectivity index (χ0n) is 16.1. The highest BCUT2D eigenvalue weighted by molar-refractivity contribution is 7.92. The summed E-state index contributed by atoms with van der Waals surface area (Å²) in [7, 11) is -1.90. The molecule has 0 bridgehead atoms. The number of hydrogen-bond donors (Lipinski definition) is 0. The number of sulfonamides is 1. The van der Waals surface area contributed by atoms with Crippen LogP contribution >= 0.6 is 0 Å². The highest BCUT2D eigenvalue weighted by Gasteiger charge is 2.16. The number of hydrogen-bond acceptors (Lipinski definition) is 4. The summed E-state index contributed by atoms with van der Waals surface area (Å²) in [5, 5.41) is 1.15. The van der Waals surface area contributed by atoms with Crippen molar-refractivity contribution in [1.29, 1.82) is 0 Å². The van der Waals surface area contributed by atoms with Crippen LogP contribution in [0.25, 0.3) is 5.57 Å². The van der Waals surface area contributed by atoms with Gasteiger partial charge < -0.3 is 4.74 Å². The quantitative estimate of drug-likeness (QED) is 0.676. The Morgan fingerprint density at radius 2 is 1.93 bits per heavy atom. The second kappa shape index (κ2) is 10.0. The van der Waals surface area contributed by atoms with Gasteiger partial charge in [-0.3, -0.25) is 9.21 Å². The SMILES string of the molecule is CCN(CC)CC#CC=CS(=O)(=O)N1C=CC(c2ccc(OC)cc2)=CC1. The van der Waals surface area contributed by atoms with Crippen LogP contribution < -0.4 is 4.74 Å². The topological polar surface area (TPSA) is 49.9 Å². The average molecular weight is 387 g/mol. The highest BCUT2D eigenvalue weighted by Crippen LogP contribution is 2.23. The van der Waals surface area contributed by atoms with E-state index in [1.165, 1.54) is 10.4 Å². The van der Waals surface area contributed by atoms with E-state index in [4.69, 9.17) is 4.74 Å². The van der Waals surface area contributed by atoms with Crippen molar-refractivity contribution in [2.45, 2.75) is 13.8 Å². The van der Waals surface area contributed by atoms with Gasteiger partial charge in [-0.05, 0) is 42.4 Å². The summed E-state index contributed by atoms with van der Waals surface area (Å²) in [4.78, 5) is 2.16. The lowest BCUT2D eigenvalue weighted by Gasteiger charge is -2.20. The number of ether oxygens (including phenoxy) is 1. The third-order valence-corrected chi connectivity index (χ3v) is 5.69. The average Bonchev–Trinajstić information content (AvgIpc) is 2.71. The number of rotatable bonds is 7. The number of methoxy groups -OCH3 is 1. The summed E-state index contributed by atoms with van der Waals surface area (Å²) in [6, 6.07) is 7.66. The van der Waals surface area contributed by atoms with Crippen LogP contribution in [-0.2, 0) is 10.0 Å². The number of nitrogens with zero attached hydrogens (tertiary/aromatic N) is 2. The molecule has 0 aromatic heterocycles. The van der Waals surface area contributed by atoms with E-state index >= 15 is 0 Å². The van der Waals surface area contributed by atoms with E-state index in [2.05, 4.69) is 30.6 Å². The van der Waals surface area contributed by atoms with Crippen molar-refractivity contribution >= 4 is 15.6 Å². The number of benzene rings is 1. The van der Waals surface area contributed by atoms with Gasteiger partial charge in [0.25, 0.3) is 10.0 Å². The Morgan fingerprint density at radius 1 is 1.22 bits per heavy atom. The highest BCUT2D eigenvalue weighted by atomic mass is 32.2. The van der Waals surface area contributed by atoms with Gasteiger partial charge in [0.2, 0.25) is 0 Å². The van der Waals surface area contributed by atoms with E-state index in [1.807, 2.05) is 30.3 Å². The molecule has 2 rings (SSSR count). The van der Waals surface area contributed by atoms with E-state index in [1.54, 1.807) is 19.4 Å². The molecule has 5 nitrogen and oxygen atoms in total. The molecule has 1 aromatic rings. The van der Waals surface area contributed by atoms with Gasteiger partial charge in [0, 0.05) is 12.3 Å². The van der Waals surface area contributed by atoms with E-state index in [-0.39, 0.29) is 6.54 Å². The molecular weight excluding hydrogens is 360 g/mol. The van der Waals surface area contributed by atoms with Gasteiger partial charge in [0.15, 0.2) is 0 Å². The second-order valence-electron chi connectivity index (χ2n) is 5.90. The molecule has 1 aromatic carbocycles. The van der Waals surface area contributed by atoms with Crippen molar-refractivity contribution in [3.63, 3.8) is 0 Å². The summed E-state index contributed by atoms with van der Waals surface area (Å²) >= 11 is 0. The fourth-order valence-electron chi connectivity index (χ4n) is 2.53. The molecule has 0 atom stereocenters. The maximum absolute atomic E-state index is 12.4. The first-order valence-corrected chi connectivity index (χ1v) is 10.4. The molecule has 0 saturated carbocycles. The first kappa shape index (κ1) is 20.8. The van der Waals surface area contributed by atoms with Crippen LogP contribution in [0.1, 0.15) is 19.4 Å². The van der Waals surface area contributed by atoms with Gasteiger partial charge in [-0.15, -0.1) is 0 Å². The predicted octanol–water partition coefficient (Wildman–Crippen LogP) is 3.10. The van der Waals surface area contributed by atoms with Gasteiger partial charge in [0.1, 0.15) is 5.75 Å². The Labute approximate surface area is 162 Å². The minimum Gasteiger partial charge on any atom is -0.497 e. The van der Waals surface area contributed by atoms with Crippen molar-refractivity contribution in [2.24, 2.45) is 0 Å². The third kappa shape index (κ3) is 6.02. The maximum atomic E-state index is 12.4. The predicted molar refractivity (Wildman–Crippen MR) is 110 cm³/mol. The molecule has 0 saturated heterocycles. The van der Waals surface area contributed by atoms with Gasteiger partial charge >= 0.3 is 0 Å². The lowest BCUT2D eigenvalue weighted by Crippen LogP contribution is -2.25. The Bertz CT molecular complexity index is 868. The van der Waals surface area contributed by atoms with E-state index < -0.39 is 10.0 Å². The molecule has 0 amide bonds. The van der Waals surface area contributed by atoms with Crippen molar-refractivity contribution in [2.75, 3.05) is 33.3 Å². The molecule has 0 fully saturated rings. The van der Waals surface area contributed by atoms with Crippen molar-refractivity contribution in [3.8, 4) is 17.6 Å². The molecule has 0 aliphatic carbocycles. The summed E-state index contributed by atoms with van der Waals surface area (Å²) < 4.78 is 31.2. The van der Waals surface area contributed by atoms with Gasteiger partial charge in [-0.1, -0.05) is 43.9 Å². The van der Waals surface area contributed by atoms with Crippen molar-refractivity contribution in [1.82, 2.24) is 9.21 Å². The molecule has 144 valence electrons. The number of allylic oxidation sites excluding steroid dienone is 3. The summed E-state index contributed by atoms with van der Waals surface area (Å²) in [5.74, 6) is 6.55. The molecule has 0 radical (unpaired) electrons. The summed E-state index contributed by atoms with van der Waals surface area (Å²) in [6.07, 6.45) is 6.67. The molecule has 0 unspecified atom stereocenters. The smallest absolute Gasteiger partial charge is 0.257 e. The Balaban J connectivity index is 1.97. The molecular formula is C21H26N2O3S. The zero-order valence-corrected chi connectivity index (χ0v) is 16.9. The molecule has 6 heteroatoms. The summed E-state index contributed by atoms with van der Waals surface area (Å²) in [5.41, 5.74) is 1.99. The molecule has 1 aliphatic rings. The van der Waals surface area contributed by atoms with Crippen LogP contribution in [-0.4, -0.2) is 50.9 Å². The molecule has 0 N–H and O–H groups in total. The Hall–Kier alpha value is -2.49. The van der Waals surface area contributed by atoms with Crippen molar-refractivity contribution in [3.05, 3.63) is 59.7 Å². The third-order valence-electron chi connectivity index (χ3n) is 4.28. The Kier molecular flexibility index (Phi) is 7.71. The lowest BCUT2D eigenvalue weighted by atomic mass is 10.0. The first-order chi connectivity index (χ1) is 13.0. The normalized spacial score (nSPS) is 14.2. The van der Waals surface area contributed by atoms with E-state index in [0.29, 0.717) is 6.54 Å². The minimum absolute atomic E-state index is 0.289. The van der Waals surface area contributed by atoms with Gasteiger partial charge in [-0.2, -0.15) is 0 Å². The lowest BCUT2D eigenvalue weighted by molar-refractivity contribution is 0.342. The molecule has 0 spiro atoms. The molecule has 1 aliphatic heterocycles. The van der Waals surface area contributed by atoms with Gasteiger partial charge in [0.05, 0.1) is 25.6 Å². The van der Waals surface area contributed by atoms with E-state index in [9.17, 15) is 8.42 Å². The maximum Gasteiger partial charge on any atom is 0.257 e. The molecule has 1 heterocycles. The summed E-state index contributed by atoms with van der Waals surface area (Å²) in [6.45, 7) is 6.92. The van der Waals surface area contributed by atoms with Gasteiger partial charge in [-0.25, -0.2) is 8.42 Å².